The monoisotopic (exact) mass is 412 g/mol. The highest BCUT2D eigenvalue weighted by Crippen LogP contribution is 2.26. The molecule has 1 saturated heterocycles. The molecule has 3 aromatic rings. The Labute approximate surface area is 181 Å². The first-order chi connectivity index (χ1) is 15.2. The van der Waals surface area contributed by atoms with Gasteiger partial charge in [-0.2, -0.15) is 5.26 Å². The maximum atomic E-state index is 12.8. The molecule has 156 valence electrons. The van der Waals surface area contributed by atoms with Crippen LogP contribution in [0.3, 0.4) is 0 Å². The summed E-state index contributed by atoms with van der Waals surface area (Å²) in [5.74, 6) is 1.63. The standard InChI is InChI=1S/C24H24N6O/c25-14-16-5-8-23(26-15-16)30-11-9-18(10-12-30)27-22-13-20(24(31)28-17-6-7-17)19-3-1-2-4-21(19)29-22/h1-5,8,13,15,17-18H,6-7,9-12H2,(H,27,29)(H,28,31). The van der Waals surface area contributed by atoms with E-state index in [1.165, 1.54) is 0 Å². The van der Waals surface area contributed by atoms with E-state index in [9.17, 15) is 4.79 Å². The number of nitrogens with zero attached hydrogens (tertiary/aromatic N) is 4. The molecule has 1 aliphatic carbocycles. The average Bonchev–Trinajstić information content (AvgIpc) is 3.63. The van der Waals surface area contributed by atoms with Crippen molar-refractivity contribution >= 4 is 28.4 Å². The van der Waals surface area contributed by atoms with Crippen molar-refractivity contribution in [2.75, 3.05) is 23.3 Å². The van der Waals surface area contributed by atoms with Crippen LogP contribution in [-0.2, 0) is 0 Å². The predicted molar refractivity (Wildman–Crippen MR) is 120 cm³/mol. The van der Waals surface area contributed by atoms with Gasteiger partial charge in [-0.05, 0) is 49.9 Å². The number of nitriles is 1. The minimum atomic E-state index is -0.0224. The van der Waals surface area contributed by atoms with Crippen LogP contribution in [-0.4, -0.2) is 41.0 Å². The number of rotatable bonds is 5. The van der Waals surface area contributed by atoms with Crippen molar-refractivity contribution in [3.63, 3.8) is 0 Å². The lowest BCUT2D eigenvalue weighted by atomic mass is 10.0. The van der Waals surface area contributed by atoms with Gasteiger partial charge in [0.15, 0.2) is 0 Å². The third-order valence-corrected chi connectivity index (χ3v) is 5.92. The maximum Gasteiger partial charge on any atom is 0.252 e. The zero-order valence-corrected chi connectivity index (χ0v) is 17.2. The van der Waals surface area contributed by atoms with Crippen LogP contribution in [0.5, 0.6) is 0 Å². The molecule has 2 aliphatic rings. The summed E-state index contributed by atoms with van der Waals surface area (Å²) < 4.78 is 0. The zero-order chi connectivity index (χ0) is 21.2. The molecule has 2 N–H and O–H groups in total. The highest BCUT2D eigenvalue weighted by molar-refractivity contribution is 6.07. The summed E-state index contributed by atoms with van der Waals surface area (Å²) in [6.07, 6.45) is 5.63. The van der Waals surface area contributed by atoms with Gasteiger partial charge in [0, 0.05) is 36.8 Å². The van der Waals surface area contributed by atoms with Crippen LogP contribution in [0.15, 0.2) is 48.7 Å². The van der Waals surface area contributed by atoms with E-state index in [1.54, 1.807) is 12.3 Å². The second-order valence-corrected chi connectivity index (χ2v) is 8.24. The number of benzene rings is 1. The maximum absolute atomic E-state index is 12.8. The van der Waals surface area contributed by atoms with Gasteiger partial charge in [0.1, 0.15) is 17.7 Å². The molecule has 0 spiro atoms. The van der Waals surface area contributed by atoms with Gasteiger partial charge in [-0.25, -0.2) is 9.97 Å². The first-order valence-corrected chi connectivity index (χ1v) is 10.8. The Hall–Kier alpha value is -3.66. The molecule has 7 nitrogen and oxygen atoms in total. The van der Waals surface area contributed by atoms with Gasteiger partial charge < -0.3 is 15.5 Å². The molecule has 1 amide bonds. The fourth-order valence-electron chi connectivity index (χ4n) is 4.03. The van der Waals surface area contributed by atoms with Crippen molar-refractivity contribution in [1.82, 2.24) is 15.3 Å². The third kappa shape index (κ3) is 4.29. The van der Waals surface area contributed by atoms with Crippen molar-refractivity contribution in [3.05, 3.63) is 59.8 Å². The fourth-order valence-corrected chi connectivity index (χ4v) is 4.03. The molecule has 2 fully saturated rings. The minimum absolute atomic E-state index is 0.0224. The van der Waals surface area contributed by atoms with E-state index in [1.807, 2.05) is 36.4 Å². The normalized spacial score (nSPS) is 16.7. The van der Waals surface area contributed by atoms with Crippen LogP contribution in [0.2, 0.25) is 0 Å². The van der Waals surface area contributed by atoms with Gasteiger partial charge in [0.05, 0.1) is 16.6 Å². The highest BCUT2D eigenvalue weighted by Gasteiger charge is 2.25. The first-order valence-electron chi connectivity index (χ1n) is 10.8. The molecule has 0 bridgehead atoms. The number of nitrogens with one attached hydrogen (secondary N) is 2. The van der Waals surface area contributed by atoms with Gasteiger partial charge in [0.25, 0.3) is 5.91 Å². The Kier molecular flexibility index (Phi) is 5.13. The Bertz CT molecular complexity index is 1140. The van der Waals surface area contributed by atoms with E-state index in [0.717, 1.165) is 61.3 Å². The molecule has 2 aromatic heterocycles. The lowest BCUT2D eigenvalue weighted by Crippen LogP contribution is -2.39. The number of aromatic nitrogens is 2. The number of pyridine rings is 2. The number of piperidine rings is 1. The molecule has 0 unspecified atom stereocenters. The number of anilines is 2. The Morgan fingerprint density at radius 3 is 2.58 bits per heavy atom. The summed E-state index contributed by atoms with van der Waals surface area (Å²) in [7, 11) is 0. The number of carbonyl (C=O) groups is 1. The molecule has 1 aliphatic heterocycles. The van der Waals surface area contributed by atoms with Crippen LogP contribution in [0.25, 0.3) is 10.9 Å². The van der Waals surface area contributed by atoms with Gasteiger partial charge >= 0.3 is 0 Å². The van der Waals surface area contributed by atoms with E-state index in [0.29, 0.717) is 17.2 Å². The summed E-state index contributed by atoms with van der Waals surface area (Å²) in [6.45, 7) is 1.75. The van der Waals surface area contributed by atoms with E-state index in [4.69, 9.17) is 10.2 Å². The molecule has 1 aromatic carbocycles. The first kappa shape index (κ1) is 19.3. The van der Waals surface area contributed by atoms with Crippen LogP contribution >= 0.6 is 0 Å². The van der Waals surface area contributed by atoms with E-state index in [-0.39, 0.29) is 11.9 Å². The van der Waals surface area contributed by atoms with Crippen LogP contribution in [0, 0.1) is 11.3 Å². The van der Waals surface area contributed by atoms with Crippen molar-refractivity contribution in [2.24, 2.45) is 0 Å². The number of carbonyl (C=O) groups excluding carboxylic acids is 1. The largest absolute Gasteiger partial charge is 0.367 e. The molecule has 0 radical (unpaired) electrons. The fraction of sp³-hybridized carbons (Fsp3) is 0.333. The summed E-state index contributed by atoms with van der Waals surface area (Å²) in [5, 5.41) is 16.5. The number of hydrogen-bond donors (Lipinski definition) is 2. The predicted octanol–water partition coefficient (Wildman–Crippen LogP) is 3.47. The van der Waals surface area contributed by atoms with Crippen LogP contribution in [0.4, 0.5) is 11.6 Å². The van der Waals surface area contributed by atoms with Crippen LogP contribution < -0.4 is 15.5 Å². The number of hydrogen-bond acceptors (Lipinski definition) is 6. The van der Waals surface area contributed by atoms with Gasteiger partial charge in [0.2, 0.25) is 0 Å². The van der Waals surface area contributed by atoms with Crippen molar-refractivity contribution < 1.29 is 4.79 Å². The second-order valence-electron chi connectivity index (χ2n) is 8.24. The SMILES string of the molecule is N#Cc1ccc(N2CCC(Nc3cc(C(=O)NC4CC4)c4ccccc4n3)CC2)nc1. The lowest BCUT2D eigenvalue weighted by molar-refractivity contribution is 0.0952. The molecule has 5 rings (SSSR count). The number of amides is 1. The lowest BCUT2D eigenvalue weighted by Gasteiger charge is -2.33. The van der Waals surface area contributed by atoms with Crippen molar-refractivity contribution in [1.29, 1.82) is 5.26 Å². The third-order valence-electron chi connectivity index (χ3n) is 5.92. The summed E-state index contributed by atoms with van der Waals surface area (Å²) in [6, 6.07) is 16.1. The Balaban J connectivity index is 1.29. The molecule has 7 heteroatoms. The molecule has 3 heterocycles. The van der Waals surface area contributed by atoms with E-state index < -0.39 is 0 Å². The molecule has 31 heavy (non-hydrogen) atoms. The summed E-state index contributed by atoms with van der Waals surface area (Å²) in [4.78, 5) is 24.2. The van der Waals surface area contributed by atoms with E-state index in [2.05, 4.69) is 26.6 Å². The smallest absolute Gasteiger partial charge is 0.252 e. The Morgan fingerprint density at radius 1 is 1.06 bits per heavy atom. The van der Waals surface area contributed by atoms with Crippen LogP contribution in [0.1, 0.15) is 41.6 Å². The molecule has 0 atom stereocenters. The Morgan fingerprint density at radius 2 is 1.87 bits per heavy atom. The van der Waals surface area contributed by atoms with Crippen molar-refractivity contribution in [3.8, 4) is 6.07 Å². The quantitative estimate of drug-likeness (QED) is 0.666. The zero-order valence-electron chi connectivity index (χ0n) is 17.2. The van der Waals surface area contributed by atoms with Crippen molar-refractivity contribution in [2.45, 2.75) is 37.8 Å². The second kappa shape index (κ2) is 8.23. The average molecular weight is 412 g/mol. The van der Waals surface area contributed by atoms with Gasteiger partial charge in [-0.3, -0.25) is 4.79 Å². The minimum Gasteiger partial charge on any atom is -0.367 e. The highest BCUT2D eigenvalue weighted by atomic mass is 16.1. The van der Waals surface area contributed by atoms with E-state index >= 15 is 0 Å². The summed E-state index contributed by atoms with van der Waals surface area (Å²) in [5.41, 5.74) is 2.08. The molecular formula is C24H24N6O. The molecular weight excluding hydrogens is 388 g/mol. The molecule has 1 saturated carbocycles. The topological polar surface area (TPSA) is 93.9 Å². The number of para-hydroxylation sites is 1. The number of fused-ring (bicyclic) bond motifs is 1. The van der Waals surface area contributed by atoms with Gasteiger partial charge in [-0.1, -0.05) is 18.2 Å². The van der Waals surface area contributed by atoms with Gasteiger partial charge in [-0.15, -0.1) is 0 Å². The summed E-state index contributed by atoms with van der Waals surface area (Å²) >= 11 is 0.